The predicted octanol–water partition coefficient (Wildman–Crippen LogP) is 2.20. The second-order valence-electron chi connectivity index (χ2n) is 4.73. The lowest BCUT2D eigenvalue weighted by Crippen LogP contribution is -2.31. The molecule has 4 nitrogen and oxygen atoms in total. The summed E-state index contributed by atoms with van der Waals surface area (Å²) in [6, 6.07) is 5.56. The summed E-state index contributed by atoms with van der Waals surface area (Å²) in [5.41, 5.74) is 7.27. The van der Waals surface area contributed by atoms with Gasteiger partial charge in [0, 0.05) is 13.1 Å². The maximum atomic E-state index is 11.0. The first-order valence-electron chi connectivity index (χ1n) is 5.87. The fourth-order valence-corrected chi connectivity index (χ4v) is 2.16. The van der Waals surface area contributed by atoms with E-state index in [1.54, 1.807) is 6.07 Å². The first-order chi connectivity index (χ1) is 8.02. The van der Waals surface area contributed by atoms with E-state index in [0.29, 0.717) is 17.6 Å². The molecule has 0 aliphatic heterocycles. The summed E-state index contributed by atoms with van der Waals surface area (Å²) in [7, 11) is 1.97. The number of nitrogens with two attached hydrogens (primary N) is 1. The van der Waals surface area contributed by atoms with Crippen LogP contribution in [0.15, 0.2) is 18.2 Å². The van der Waals surface area contributed by atoms with E-state index in [0.717, 1.165) is 5.69 Å². The van der Waals surface area contributed by atoms with E-state index in [9.17, 15) is 4.79 Å². The second kappa shape index (κ2) is 4.28. The van der Waals surface area contributed by atoms with Gasteiger partial charge in [-0.25, -0.2) is 4.79 Å². The molecule has 0 saturated heterocycles. The maximum Gasteiger partial charge on any atom is 0.337 e. The molecule has 1 saturated carbocycles. The SMILES string of the molecule is CC(C1CC1)N(C)c1cccc(C(=O)O)c1N. The van der Waals surface area contributed by atoms with E-state index < -0.39 is 5.97 Å². The molecule has 1 atom stereocenters. The Morgan fingerprint density at radius 3 is 2.71 bits per heavy atom. The Hall–Kier alpha value is -1.71. The van der Waals surface area contributed by atoms with Gasteiger partial charge in [0.25, 0.3) is 0 Å². The molecule has 92 valence electrons. The molecule has 17 heavy (non-hydrogen) atoms. The molecule has 1 aromatic carbocycles. The van der Waals surface area contributed by atoms with Crippen LogP contribution in [0.3, 0.4) is 0 Å². The minimum absolute atomic E-state index is 0.178. The van der Waals surface area contributed by atoms with Gasteiger partial charge in [0.15, 0.2) is 0 Å². The van der Waals surface area contributed by atoms with Crippen LogP contribution in [0.25, 0.3) is 0 Å². The Balaban J connectivity index is 2.31. The van der Waals surface area contributed by atoms with Crippen LogP contribution in [0.5, 0.6) is 0 Å². The first kappa shape index (κ1) is 11.8. The quantitative estimate of drug-likeness (QED) is 0.784. The van der Waals surface area contributed by atoms with Crippen LogP contribution in [-0.2, 0) is 0 Å². The molecule has 1 aliphatic rings. The van der Waals surface area contributed by atoms with E-state index in [-0.39, 0.29) is 5.56 Å². The van der Waals surface area contributed by atoms with Crippen LogP contribution in [0.1, 0.15) is 30.1 Å². The van der Waals surface area contributed by atoms with Gasteiger partial charge < -0.3 is 15.7 Å². The van der Waals surface area contributed by atoms with Crippen LogP contribution < -0.4 is 10.6 Å². The normalized spacial score (nSPS) is 16.6. The minimum atomic E-state index is -0.975. The number of aromatic carboxylic acids is 1. The van der Waals surface area contributed by atoms with Crippen LogP contribution in [0, 0.1) is 5.92 Å². The van der Waals surface area contributed by atoms with Gasteiger partial charge >= 0.3 is 5.97 Å². The van der Waals surface area contributed by atoms with Crippen LogP contribution in [0.2, 0.25) is 0 Å². The number of nitrogen functional groups attached to an aromatic ring is 1. The van der Waals surface area contributed by atoms with E-state index >= 15 is 0 Å². The van der Waals surface area contributed by atoms with Crippen molar-refractivity contribution in [3.05, 3.63) is 23.8 Å². The molecule has 0 spiro atoms. The van der Waals surface area contributed by atoms with Crippen molar-refractivity contribution in [1.29, 1.82) is 0 Å². The summed E-state index contributed by atoms with van der Waals surface area (Å²) in [5, 5.41) is 9.03. The average molecular weight is 234 g/mol. The van der Waals surface area contributed by atoms with Gasteiger partial charge in [0.2, 0.25) is 0 Å². The Morgan fingerprint density at radius 1 is 1.53 bits per heavy atom. The second-order valence-corrected chi connectivity index (χ2v) is 4.73. The highest BCUT2D eigenvalue weighted by Crippen LogP contribution is 2.38. The number of rotatable bonds is 4. The number of hydrogen-bond donors (Lipinski definition) is 2. The van der Waals surface area contributed by atoms with Crippen LogP contribution >= 0.6 is 0 Å². The van der Waals surface area contributed by atoms with E-state index in [1.165, 1.54) is 18.9 Å². The van der Waals surface area contributed by atoms with Crippen molar-refractivity contribution in [2.45, 2.75) is 25.8 Å². The van der Waals surface area contributed by atoms with Gasteiger partial charge in [0.1, 0.15) is 0 Å². The number of hydrogen-bond acceptors (Lipinski definition) is 3. The first-order valence-corrected chi connectivity index (χ1v) is 5.87. The van der Waals surface area contributed by atoms with Crippen molar-refractivity contribution < 1.29 is 9.90 Å². The molecule has 3 N–H and O–H groups in total. The monoisotopic (exact) mass is 234 g/mol. The van der Waals surface area contributed by atoms with Crippen LogP contribution in [0.4, 0.5) is 11.4 Å². The van der Waals surface area contributed by atoms with Gasteiger partial charge in [-0.15, -0.1) is 0 Å². The maximum absolute atomic E-state index is 11.0. The van der Waals surface area contributed by atoms with Gasteiger partial charge in [-0.3, -0.25) is 0 Å². The smallest absolute Gasteiger partial charge is 0.337 e. The molecule has 0 heterocycles. The van der Waals surface area contributed by atoms with Crippen molar-refractivity contribution >= 4 is 17.3 Å². The third kappa shape index (κ3) is 2.20. The third-order valence-electron chi connectivity index (χ3n) is 3.61. The number of carboxylic acids is 1. The molecule has 1 aromatic rings. The van der Waals surface area contributed by atoms with Crippen molar-refractivity contribution in [1.82, 2.24) is 0 Å². The van der Waals surface area contributed by atoms with Gasteiger partial charge in [0.05, 0.1) is 16.9 Å². The van der Waals surface area contributed by atoms with Crippen molar-refractivity contribution in [2.24, 2.45) is 5.92 Å². The topological polar surface area (TPSA) is 66.6 Å². The molecule has 1 unspecified atom stereocenters. The molecule has 0 amide bonds. The Bertz CT molecular complexity index is 441. The summed E-state index contributed by atoms with van der Waals surface area (Å²) >= 11 is 0. The molecular formula is C13H18N2O2. The number of para-hydroxylation sites is 1. The predicted molar refractivity (Wildman–Crippen MR) is 68.4 cm³/mol. The Morgan fingerprint density at radius 2 is 2.18 bits per heavy atom. The number of nitrogens with zero attached hydrogens (tertiary/aromatic N) is 1. The third-order valence-corrected chi connectivity index (χ3v) is 3.61. The summed E-state index contributed by atoms with van der Waals surface area (Å²) in [6.07, 6.45) is 2.51. The lowest BCUT2D eigenvalue weighted by atomic mass is 10.1. The van der Waals surface area contributed by atoms with Crippen LogP contribution in [-0.4, -0.2) is 24.2 Å². The number of carbonyl (C=O) groups is 1. The molecule has 4 heteroatoms. The minimum Gasteiger partial charge on any atom is -0.478 e. The molecule has 0 aromatic heterocycles. The zero-order valence-corrected chi connectivity index (χ0v) is 10.2. The molecule has 1 fully saturated rings. The highest BCUT2D eigenvalue weighted by molar-refractivity contribution is 5.97. The number of anilines is 2. The molecular weight excluding hydrogens is 216 g/mol. The zero-order valence-electron chi connectivity index (χ0n) is 10.2. The Kier molecular flexibility index (Phi) is 2.96. The number of benzene rings is 1. The van der Waals surface area contributed by atoms with E-state index in [2.05, 4.69) is 11.8 Å². The fourth-order valence-electron chi connectivity index (χ4n) is 2.16. The standard InChI is InChI=1S/C13H18N2O2/c1-8(9-6-7-9)15(2)11-5-3-4-10(12(11)14)13(16)17/h3-5,8-9H,6-7,14H2,1-2H3,(H,16,17). The molecule has 0 radical (unpaired) electrons. The molecule has 1 aliphatic carbocycles. The van der Waals surface area contributed by atoms with Crippen molar-refractivity contribution in [2.75, 3.05) is 17.7 Å². The fraction of sp³-hybridized carbons (Fsp3) is 0.462. The van der Waals surface area contributed by atoms with E-state index in [4.69, 9.17) is 10.8 Å². The highest BCUT2D eigenvalue weighted by atomic mass is 16.4. The lowest BCUT2D eigenvalue weighted by molar-refractivity contribution is 0.0698. The number of carboxylic acid groups (broad SMARTS) is 1. The zero-order chi connectivity index (χ0) is 12.6. The summed E-state index contributed by atoms with van der Waals surface area (Å²) in [6.45, 7) is 2.16. The van der Waals surface area contributed by atoms with Crippen molar-refractivity contribution in [3.63, 3.8) is 0 Å². The molecule has 2 rings (SSSR count). The lowest BCUT2D eigenvalue weighted by Gasteiger charge is -2.28. The van der Waals surface area contributed by atoms with Gasteiger partial charge in [-0.05, 0) is 37.8 Å². The summed E-state index contributed by atoms with van der Waals surface area (Å²) in [5.74, 6) is -0.260. The van der Waals surface area contributed by atoms with Crippen molar-refractivity contribution in [3.8, 4) is 0 Å². The summed E-state index contributed by atoms with van der Waals surface area (Å²) < 4.78 is 0. The van der Waals surface area contributed by atoms with E-state index in [1.807, 2.05) is 13.1 Å². The largest absolute Gasteiger partial charge is 0.478 e. The highest BCUT2D eigenvalue weighted by Gasteiger charge is 2.31. The molecule has 0 bridgehead atoms. The Labute approximate surface area is 101 Å². The van der Waals surface area contributed by atoms with Gasteiger partial charge in [-0.2, -0.15) is 0 Å². The van der Waals surface area contributed by atoms with Gasteiger partial charge in [-0.1, -0.05) is 6.07 Å². The summed E-state index contributed by atoms with van der Waals surface area (Å²) in [4.78, 5) is 13.1. The average Bonchev–Trinajstić information content (AvgIpc) is 3.11.